The normalized spacial score (nSPS) is 17.7. The van der Waals surface area contributed by atoms with E-state index in [2.05, 4.69) is 13.0 Å². The van der Waals surface area contributed by atoms with Gasteiger partial charge in [0.1, 0.15) is 0 Å². The van der Waals surface area contributed by atoms with Gasteiger partial charge in [-0.1, -0.05) is 69.9 Å². The number of unbranched alkanes of at least 4 members (excludes halogenated alkanes) is 8. The van der Waals surface area contributed by atoms with E-state index in [9.17, 15) is 4.79 Å². The van der Waals surface area contributed by atoms with Gasteiger partial charge in [0.2, 0.25) is 0 Å². The number of hydrogen-bond donors (Lipinski definition) is 1. The van der Waals surface area contributed by atoms with Gasteiger partial charge < -0.3 is 5.11 Å². The number of hydrogen-bond acceptors (Lipinski definition) is 1. The molecule has 0 aromatic heterocycles. The van der Waals surface area contributed by atoms with E-state index in [4.69, 9.17) is 5.11 Å². The maximum absolute atomic E-state index is 10.5. The fourth-order valence-corrected chi connectivity index (χ4v) is 3.59. The molecular weight excluding hydrogens is 272 g/mol. The van der Waals surface area contributed by atoms with Crippen molar-refractivity contribution in [2.75, 3.05) is 0 Å². The zero-order valence-electron chi connectivity index (χ0n) is 14.6. The lowest BCUT2D eigenvalue weighted by atomic mass is 9.91. The van der Waals surface area contributed by atoms with Crippen molar-refractivity contribution in [1.29, 1.82) is 0 Å². The first-order valence-corrected chi connectivity index (χ1v) is 9.64. The standard InChI is InChI=1S/C20H36O2/c1-2-3-4-5-6-9-13-18-15-12-16-19(18)14-10-7-8-11-17-20(21)22/h15,19H,2-14,16-17H2,1H3,(H,21,22)/t19-/m0/s1. The van der Waals surface area contributed by atoms with Crippen molar-refractivity contribution in [3.8, 4) is 0 Å². The number of carboxylic acids is 1. The van der Waals surface area contributed by atoms with Crippen LogP contribution in [0.25, 0.3) is 0 Å². The molecule has 0 heterocycles. The Morgan fingerprint density at radius 3 is 2.50 bits per heavy atom. The van der Waals surface area contributed by atoms with E-state index in [0.29, 0.717) is 6.42 Å². The Balaban J connectivity index is 2.01. The average molecular weight is 309 g/mol. The molecule has 22 heavy (non-hydrogen) atoms. The summed E-state index contributed by atoms with van der Waals surface area (Å²) in [5, 5.41) is 8.62. The van der Waals surface area contributed by atoms with Gasteiger partial charge in [0.15, 0.2) is 0 Å². The third-order valence-corrected chi connectivity index (χ3v) is 4.96. The van der Waals surface area contributed by atoms with Crippen molar-refractivity contribution in [3.05, 3.63) is 11.6 Å². The molecule has 0 spiro atoms. The Morgan fingerprint density at radius 2 is 1.73 bits per heavy atom. The first kappa shape index (κ1) is 19.3. The third kappa shape index (κ3) is 9.27. The van der Waals surface area contributed by atoms with E-state index in [1.54, 1.807) is 5.57 Å². The Bertz CT molecular complexity index is 320. The van der Waals surface area contributed by atoms with Crippen molar-refractivity contribution >= 4 is 5.97 Å². The van der Waals surface area contributed by atoms with Gasteiger partial charge in [-0.15, -0.1) is 0 Å². The van der Waals surface area contributed by atoms with Crippen LogP contribution in [0.15, 0.2) is 11.6 Å². The number of rotatable bonds is 14. The second kappa shape index (κ2) is 12.7. The SMILES string of the molecule is CCCCCCCCC1=CCC[C@@H]1CCCCCCC(=O)O. The predicted molar refractivity (Wildman–Crippen MR) is 94.1 cm³/mol. The first-order chi connectivity index (χ1) is 10.7. The summed E-state index contributed by atoms with van der Waals surface area (Å²) in [6.07, 6.45) is 20.9. The number of carbonyl (C=O) groups is 1. The summed E-state index contributed by atoms with van der Waals surface area (Å²) < 4.78 is 0. The Hall–Kier alpha value is -0.790. The molecule has 0 aromatic rings. The van der Waals surface area contributed by atoms with Crippen molar-refractivity contribution in [2.45, 2.75) is 103 Å². The maximum Gasteiger partial charge on any atom is 0.303 e. The molecule has 2 nitrogen and oxygen atoms in total. The van der Waals surface area contributed by atoms with Crippen LogP contribution >= 0.6 is 0 Å². The maximum atomic E-state index is 10.5. The van der Waals surface area contributed by atoms with Crippen molar-refractivity contribution in [3.63, 3.8) is 0 Å². The molecule has 0 aromatic carbocycles. The van der Waals surface area contributed by atoms with Crippen molar-refractivity contribution < 1.29 is 9.90 Å². The summed E-state index contributed by atoms with van der Waals surface area (Å²) >= 11 is 0. The minimum absolute atomic E-state index is 0.340. The summed E-state index contributed by atoms with van der Waals surface area (Å²) in [6, 6.07) is 0. The largest absolute Gasteiger partial charge is 0.481 e. The van der Waals surface area contributed by atoms with Crippen LogP contribution in [-0.2, 0) is 4.79 Å². The predicted octanol–water partition coefficient (Wildman–Crippen LogP) is 6.50. The molecule has 1 atom stereocenters. The monoisotopic (exact) mass is 308 g/mol. The van der Waals surface area contributed by atoms with Gasteiger partial charge in [-0.05, 0) is 44.4 Å². The Labute approximate surface area is 137 Å². The second-order valence-electron chi connectivity index (χ2n) is 6.92. The molecule has 0 unspecified atom stereocenters. The number of carboxylic acid groups (broad SMARTS) is 1. The van der Waals surface area contributed by atoms with E-state index in [-0.39, 0.29) is 0 Å². The Morgan fingerprint density at radius 1 is 1.05 bits per heavy atom. The molecule has 1 aliphatic carbocycles. The molecule has 0 saturated heterocycles. The summed E-state index contributed by atoms with van der Waals surface area (Å²) in [5.74, 6) is 0.190. The zero-order valence-corrected chi connectivity index (χ0v) is 14.6. The smallest absolute Gasteiger partial charge is 0.303 e. The lowest BCUT2D eigenvalue weighted by molar-refractivity contribution is -0.137. The number of aliphatic carboxylic acids is 1. The Kier molecular flexibility index (Phi) is 11.1. The van der Waals surface area contributed by atoms with E-state index < -0.39 is 5.97 Å². The lowest BCUT2D eigenvalue weighted by Gasteiger charge is -2.15. The number of allylic oxidation sites excluding steroid dienone is 2. The quantitative estimate of drug-likeness (QED) is 0.294. The van der Waals surface area contributed by atoms with Gasteiger partial charge in [-0.3, -0.25) is 4.79 Å². The van der Waals surface area contributed by atoms with Gasteiger partial charge >= 0.3 is 5.97 Å². The molecular formula is C20H36O2. The molecule has 2 heteroatoms. The minimum atomic E-state index is -0.653. The van der Waals surface area contributed by atoms with Crippen LogP contribution in [-0.4, -0.2) is 11.1 Å². The van der Waals surface area contributed by atoms with E-state index in [1.165, 1.54) is 77.0 Å². The molecule has 0 bridgehead atoms. The second-order valence-corrected chi connectivity index (χ2v) is 6.92. The minimum Gasteiger partial charge on any atom is -0.481 e. The van der Waals surface area contributed by atoms with Gasteiger partial charge in [-0.2, -0.15) is 0 Å². The fourth-order valence-electron chi connectivity index (χ4n) is 3.59. The molecule has 0 amide bonds. The van der Waals surface area contributed by atoms with Crippen LogP contribution in [0.4, 0.5) is 0 Å². The van der Waals surface area contributed by atoms with E-state index in [0.717, 1.165) is 18.8 Å². The molecule has 1 N–H and O–H groups in total. The van der Waals surface area contributed by atoms with Crippen LogP contribution in [0.5, 0.6) is 0 Å². The summed E-state index contributed by atoms with van der Waals surface area (Å²) in [6.45, 7) is 2.27. The van der Waals surface area contributed by atoms with Crippen LogP contribution < -0.4 is 0 Å². The molecule has 0 aliphatic heterocycles. The molecule has 128 valence electrons. The third-order valence-electron chi connectivity index (χ3n) is 4.96. The summed E-state index contributed by atoms with van der Waals surface area (Å²) in [4.78, 5) is 10.5. The lowest BCUT2D eigenvalue weighted by Crippen LogP contribution is -2.00. The summed E-state index contributed by atoms with van der Waals surface area (Å²) in [5.41, 5.74) is 1.74. The fraction of sp³-hybridized carbons (Fsp3) is 0.850. The van der Waals surface area contributed by atoms with E-state index >= 15 is 0 Å². The topological polar surface area (TPSA) is 37.3 Å². The van der Waals surface area contributed by atoms with Crippen molar-refractivity contribution in [1.82, 2.24) is 0 Å². The van der Waals surface area contributed by atoms with Gasteiger partial charge in [-0.25, -0.2) is 0 Å². The molecule has 0 saturated carbocycles. The van der Waals surface area contributed by atoms with Gasteiger partial charge in [0.25, 0.3) is 0 Å². The highest BCUT2D eigenvalue weighted by Crippen LogP contribution is 2.33. The van der Waals surface area contributed by atoms with Gasteiger partial charge in [0, 0.05) is 6.42 Å². The molecule has 0 radical (unpaired) electrons. The van der Waals surface area contributed by atoms with Crippen LogP contribution in [0.3, 0.4) is 0 Å². The van der Waals surface area contributed by atoms with Crippen LogP contribution in [0.2, 0.25) is 0 Å². The van der Waals surface area contributed by atoms with Crippen LogP contribution in [0.1, 0.15) is 103 Å². The zero-order chi connectivity index (χ0) is 16.0. The summed E-state index contributed by atoms with van der Waals surface area (Å²) in [7, 11) is 0. The molecule has 1 rings (SSSR count). The highest BCUT2D eigenvalue weighted by atomic mass is 16.4. The highest BCUT2D eigenvalue weighted by molar-refractivity contribution is 5.66. The first-order valence-electron chi connectivity index (χ1n) is 9.64. The van der Waals surface area contributed by atoms with Gasteiger partial charge in [0.05, 0.1) is 0 Å². The van der Waals surface area contributed by atoms with Crippen LogP contribution in [0, 0.1) is 5.92 Å². The molecule has 1 aliphatic rings. The highest BCUT2D eigenvalue weighted by Gasteiger charge is 2.18. The van der Waals surface area contributed by atoms with E-state index in [1.807, 2.05) is 0 Å². The molecule has 0 fully saturated rings. The average Bonchev–Trinajstić information content (AvgIpc) is 2.93. The van der Waals surface area contributed by atoms with Crippen molar-refractivity contribution in [2.24, 2.45) is 5.92 Å².